The molecule has 6 heteroatoms. The molecule has 0 radical (unpaired) electrons. The monoisotopic (exact) mass is 578 g/mol. The van der Waals surface area contributed by atoms with Crippen LogP contribution in [0.4, 0.5) is 0 Å². The molecule has 0 unspecified atom stereocenters. The summed E-state index contributed by atoms with van der Waals surface area (Å²) in [6, 6.07) is 14.0. The first-order valence-corrected chi connectivity index (χ1v) is 16.3. The summed E-state index contributed by atoms with van der Waals surface area (Å²) in [6.07, 6.45) is 19.0. The van der Waals surface area contributed by atoms with E-state index in [1.807, 2.05) is 12.1 Å². The van der Waals surface area contributed by atoms with E-state index in [0.717, 1.165) is 32.1 Å². The second kappa shape index (κ2) is 19.8. The van der Waals surface area contributed by atoms with E-state index in [0.29, 0.717) is 35.5 Å². The van der Waals surface area contributed by atoms with Gasteiger partial charge in [0, 0.05) is 0 Å². The summed E-state index contributed by atoms with van der Waals surface area (Å²) in [5.41, 5.74) is -0.0676. The maximum absolute atomic E-state index is 13.1. The Hall–Kier alpha value is -3.28. The quantitative estimate of drug-likeness (QED) is 0.0671. The number of carbonyl (C=O) groups excluding carboxylic acids is 1. The highest BCUT2D eigenvalue weighted by molar-refractivity contribution is 5.95. The van der Waals surface area contributed by atoms with E-state index in [1.165, 1.54) is 70.6 Å². The molecule has 3 aromatic rings. The van der Waals surface area contributed by atoms with E-state index >= 15 is 0 Å². The molecule has 230 valence electrons. The number of carbonyl (C=O) groups is 1. The molecule has 3 rings (SSSR count). The Kier molecular flexibility index (Phi) is 15.6. The fraction of sp³-hybridized carbons (Fsp3) is 0.556. The highest BCUT2D eigenvalue weighted by Gasteiger charge is 2.24. The second-order valence-electron chi connectivity index (χ2n) is 11.1. The highest BCUT2D eigenvalue weighted by atomic mass is 16.6. The third-order valence-corrected chi connectivity index (χ3v) is 7.51. The van der Waals surface area contributed by atoms with Gasteiger partial charge in [-0.05, 0) is 37.1 Å². The van der Waals surface area contributed by atoms with Crippen LogP contribution in [-0.4, -0.2) is 19.2 Å². The van der Waals surface area contributed by atoms with Crippen molar-refractivity contribution in [1.29, 1.82) is 0 Å². The summed E-state index contributed by atoms with van der Waals surface area (Å²) in [7, 11) is 0. The fourth-order valence-corrected chi connectivity index (χ4v) is 5.07. The van der Waals surface area contributed by atoms with Gasteiger partial charge in [-0.15, -0.1) is 0 Å². The van der Waals surface area contributed by atoms with Crippen LogP contribution in [0, 0.1) is 0 Å². The summed E-state index contributed by atoms with van der Waals surface area (Å²) in [4.78, 5) is 26.0. The van der Waals surface area contributed by atoms with Gasteiger partial charge in [0.1, 0.15) is 16.7 Å². The van der Waals surface area contributed by atoms with Crippen LogP contribution >= 0.6 is 0 Å². The van der Waals surface area contributed by atoms with Gasteiger partial charge in [0.2, 0.25) is 0 Å². The zero-order chi connectivity index (χ0) is 29.8. The van der Waals surface area contributed by atoms with Crippen LogP contribution in [0.1, 0.15) is 127 Å². The molecule has 0 saturated heterocycles. The molecule has 42 heavy (non-hydrogen) atoms. The van der Waals surface area contributed by atoms with Crippen molar-refractivity contribution in [1.82, 2.24) is 0 Å². The molecule has 0 aliphatic heterocycles. The van der Waals surface area contributed by atoms with E-state index in [4.69, 9.17) is 18.6 Å². The van der Waals surface area contributed by atoms with Crippen LogP contribution in [0.2, 0.25) is 0 Å². The number of hydrogen-bond donors (Lipinski definition) is 0. The molecular weight excluding hydrogens is 528 g/mol. The van der Waals surface area contributed by atoms with E-state index in [1.54, 1.807) is 36.4 Å². The minimum atomic E-state index is -0.752. The summed E-state index contributed by atoms with van der Waals surface area (Å²) in [5.74, 6) is -0.113. The van der Waals surface area contributed by atoms with Crippen molar-refractivity contribution < 1.29 is 23.4 Å². The van der Waals surface area contributed by atoms with Crippen molar-refractivity contribution in [2.24, 2.45) is 0 Å². The Labute approximate surface area is 251 Å². The van der Waals surface area contributed by atoms with Crippen LogP contribution in [0.3, 0.4) is 0 Å². The molecule has 1 heterocycles. The molecule has 0 saturated carbocycles. The third kappa shape index (κ3) is 11.2. The van der Waals surface area contributed by atoms with Gasteiger partial charge in [-0.25, -0.2) is 9.59 Å². The lowest BCUT2D eigenvalue weighted by Crippen LogP contribution is -2.16. The van der Waals surface area contributed by atoms with E-state index in [9.17, 15) is 9.59 Å². The zero-order valence-corrected chi connectivity index (χ0v) is 25.8. The summed E-state index contributed by atoms with van der Waals surface area (Å²) in [6.45, 7) is 5.40. The SMILES string of the molecule is CCCCCCCCCCOc1cccc2oc(=O)c(OC(=O)c3ccccc3)c(OCCCCCCCCCC)c12. The lowest BCUT2D eigenvalue weighted by Gasteiger charge is -2.16. The Morgan fingerprint density at radius 3 is 1.76 bits per heavy atom. The van der Waals surface area contributed by atoms with Gasteiger partial charge in [0.05, 0.1) is 18.8 Å². The number of hydrogen-bond acceptors (Lipinski definition) is 6. The number of esters is 1. The summed E-state index contributed by atoms with van der Waals surface area (Å²) >= 11 is 0. The standard InChI is InChI=1S/C36H50O6/c1-3-5-7-9-11-13-15-20-27-39-30-25-22-26-31-32(30)33(40-28-21-16-14-12-10-8-6-4-2)34(36(38)41-31)42-35(37)29-23-18-17-19-24-29/h17-19,22-26H,3-16,20-21,27-28H2,1-2H3. The summed E-state index contributed by atoms with van der Waals surface area (Å²) in [5, 5.41) is 0.520. The molecule has 0 fully saturated rings. The number of rotatable bonds is 22. The van der Waals surface area contributed by atoms with Crippen molar-refractivity contribution in [3.8, 4) is 17.2 Å². The first-order valence-electron chi connectivity index (χ1n) is 16.3. The molecule has 0 N–H and O–H groups in total. The summed E-state index contributed by atoms with van der Waals surface area (Å²) < 4.78 is 23.7. The topological polar surface area (TPSA) is 75.0 Å². The fourth-order valence-electron chi connectivity index (χ4n) is 5.07. The maximum Gasteiger partial charge on any atom is 0.383 e. The van der Waals surface area contributed by atoms with Crippen LogP contribution in [0.25, 0.3) is 11.0 Å². The molecule has 1 aromatic heterocycles. The van der Waals surface area contributed by atoms with E-state index in [2.05, 4.69) is 13.8 Å². The molecule has 0 amide bonds. The predicted octanol–water partition coefficient (Wildman–Crippen LogP) is 10.1. The van der Waals surface area contributed by atoms with Gasteiger partial charge in [-0.1, -0.05) is 128 Å². The van der Waals surface area contributed by atoms with Gasteiger partial charge in [-0.2, -0.15) is 0 Å². The molecular formula is C36H50O6. The number of unbranched alkanes of at least 4 members (excludes halogenated alkanes) is 14. The van der Waals surface area contributed by atoms with Crippen molar-refractivity contribution in [3.63, 3.8) is 0 Å². The van der Waals surface area contributed by atoms with Gasteiger partial charge in [-0.3, -0.25) is 0 Å². The Bertz CT molecular complexity index is 1230. The largest absolute Gasteiger partial charge is 0.493 e. The Morgan fingerprint density at radius 2 is 1.17 bits per heavy atom. The Balaban J connectivity index is 1.72. The second-order valence-corrected chi connectivity index (χ2v) is 11.1. The zero-order valence-electron chi connectivity index (χ0n) is 25.8. The molecule has 0 spiro atoms. The normalized spacial score (nSPS) is 11.1. The first-order chi connectivity index (χ1) is 20.7. The van der Waals surface area contributed by atoms with Crippen molar-refractivity contribution in [2.75, 3.05) is 13.2 Å². The van der Waals surface area contributed by atoms with Crippen LogP contribution in [0.15, 0.2) is 57.7 Å². The number of benzene rings is 2. The minimum Gasteiger partial charge on any atom is -0.493 e. The highest BCUT2D eigenvalue weighted by Crippen LogP contribution is 2.39. The van der Waals surface area contributed by atoms with Crippen molar-refractivity contribution in [2.45, 2.75) is 117 Å². The number of ether oxygens (including phenoxy) is 3. The van der Waals surface area contributed by atoms with Crippen LogP contribution in [0.5, 0.6) is 17.2 Å². The lowest BCUT2D eigenvalue weighted by atomic mass is 10.1. The van der Waals surface area contributed by atoms with Gasteiger partial charge in [0.25, 0.3) is 5.75 Å². The first kappa shape index (κ1) is 33.2. The van der Waals surface area contributed by atoms with Crippen molar-refractivity contribution in [3.05, 3.63) is 64.5 Å². The molecule has 0 aliphatic rings. The molecule has 0 bridgehead atoms. The average Bonchev–Trinajstić information content (AvgIpc) is 3.01. The molecule has 0 atom stereocenters. The maximum atomic E-state index is 13.1. The van der Waals surface area contributed by atoms with Gasteiger partial charge in [0.15, 0.2) is 5.75 Å². The van der Waals surface area contributed by atoms with Crippen molar-refractivity contribution >= 4 is 16.9 Å². The van der Waals surface area contributed by atoms with Gasteiger partial charge >= 0.3 is 11.6 Å². The van der Waals surface area contributed by atoms with E-state index in [-0.39, 0.29) is 11.5 Å². The predicted molar refractivity (Wildman–Crippen MR) is 170 cm³/mol. The molecule has 0 aliphatic carbocycles. The van der Waals surface area contributed by atoms with Gasteiger partial charge < -0.3 is 18.6 Å². The Morgan fingerprint density at radius 1 is 0.619 bits per heavy atom. The molecule has 2 aromatic carbocycles. The minimum absolute atomic E-state index is 0.208. The van der Waals surface area contributed by atoms with Crippen LogP contribution < -0.4 is 19.8 Å². The van der Waals surface area contributed by atoms with E-state index < -0.39 is 11.6 Å². The average molecular weight is 579 g/mol. The third-order valence-electron chi connectivity index (χ3n) is 7.51. The van der Waals surface area contributed by atoms with Crippen LogP contribution in [-0.2, 0) is 0 Å². The number of fused-ring (bicyclic) bond motifs is 1. The smallest absolute Gasteiger partial charge is 0.383 e. The molecule has 6 nitrogen and oxygen atoms in total. The lowest BCUT2D eigenvalue weighted by molar-refractivity contribution is 0.0721.